The Morgan fingerprint density at radius 1 is 0.714 bits per heavy atom. The molecule has 184 valence electrons. The Morgan fingerprint density at radius 3 is 1.60 bits per heavy atom. The van der Waals surface area contributed by atoms with Gasteiger partial charge in [0.2, 0.25) is 5.91 Å². The number of hydrogen-bond donors (Lipinski definition) is 1. The lowest BCUT2D eigenvalue weighted by Gasteiger charge is -2.37. The van der Waals surface area contributed by atoms with Crippen LogP contribution in [0, 0.1) is 0 Å². The van der Waals surface area contributed by atoms with E-state index in [1.54, 1.807) is 44.2 Å². The van der Waals surface area contributed by atoms with Crippen molar-refractivity contribution in [3.63, 3.8) is 0 Å². The van der Waals surface area contributed by atoms with Crippen LogP contribution in [0.3, 0.4) is 0 Å². The summed E-state index contributed by atoms with van der Waals surface area (Å²) in [5.74, 6) is -0.643. The van der Waals surface area contributed by atoms with Crippen LogP contribution in [-0.2, 0) is 29.1 Å². The first-order chi connectivity index (χ1) is 16.3. The first kappa shape index (κ1) is 26.1. The second-order valence-electron chi connectivity index (χ2n) is 8.44. The van der Waals surface area contributed by atoms with Crippen LogP contribution in [0.2, 0.25) is 0 Å². The fraction of sp³-hybridized carbons (Fsp3) is 0.222. The molecule has 3 rings (SSSR count). The van der Waals surface area contributed by atoms with E-state index < -0.39 is 34.9 Å². The molecule has 35 heavy (non-hydrogen) atoms. The van der Waals surface area contributed by atoms with Crippen LogP contribution < -0.4 is 5.32 Å². The average Bonchev–Trinajstić information content (AvgIpc) is 2.78. The predicted molar refractivity (Wildman–Crippen MR) is 121 cm³/mol. The first-order valence-electron chi connectivity index (χ1n) is 10.7. The minimum Gasteiger partial charge on any atom is -0.339 e. The quantitative estimate of drug-likeness (QED) is 0.285. The van der Waals surface area contributed by atoms with Crippen molar-refractivity contribution in [1.82, 2.24) is 5.32 Å². The molecule has 0 aromatic heterocycles. The fourth-order valence-electron chi connectivity index (χ4n) is 3.89. The number of nitrogens with one attached hydrogen (secondary N) is 1. The standard InChI is InChI=1S/C27H23F6NO/c1-18(2)14-24(35)34-25(17-19-8-4-3-5-9-19,20-10-6-12-22(15-20)26(28,29)30)21-11-7-13-23(16-21)27(31,32)33/h3-16H,17H2,1-2H3,(H,34,35). The zero-order chi connectivity index (χ0) is 25.9. The summed E-state index contributed by atoms with van der Waals surface area (Å²) < 4.78 is 81.6. The third kappa shape index (κ3) is 6.32. The highest BCUT2D eigenvalue weighted by Gasteiger charge is 2.40. The van der Waals surface area contributed by atoms with Gasteiger partial charge in [-0.1, -0.05) is 60.2 Å². The fourth-order valence-corrected chi connectivity index (χ4v) is 3.89. The molecule has 0 aliphatic heterocycles. The van der Waals surface area contributed by atoms with Gasteiger partial charge in [0.05, 0.1) is 16.7 Å². The van der Waals surface area contributed by atoms with Gasteiger partial charge in [-0.25, -0.2) is 0 Å². The molecule has 0 saturated heterocycles. The van der Waals surface area contributed by atoms with Gasteiger partial charge in [-0.2, -0.15) is 26.3 Å². The third-order valence-corrected chi connectivity index (χ3v) is 5.43. The van der Waals surface area contributed by atoms with Crippen molar-refractivity contribution in [2.24, 2.45) is 0 Å². The summed E-state index contributed by atoms with van der Waals surface area (Å²) in [6, 6.07) is 17.1. The topological polar surface area (TPSA) is 29.1 Å². The van der Waals surface area contributed by atoms with Gasteiger partial charge in [0, 0.05) is 12.5 Å². The monoisotopic (exact) mass is 491 g/mol. The van der Waals surface area contributed by atoms with Gasteiger partial charge >= 0.3 is 12.4 Å². The summed E-state index contributed by atoms with van der Waals surface area (Å²) in [4.78, 5) is 12.9. The van der Waals surface area contributed by atoms with Crippen LogP contribution in [0.4, 0.5) is 26.3 Å². The van der Waals surface area contributed by atoms with Crippen LogP contribution in [0.15, 0.2) is 90.5 Å². The number of carbonyl (C=O) groups is 1. The summed E-state index contributed by atoms with van der Waals surface area (Å²) in [7, 11) is 0. The van der Waals surface area contributed by atoms with Gasteiger partial charge in [0.1, 0.15) is 0 Å². The first-order valence-corrected chi connectivity index (χ1v) is 10.7. The lowest BCUT2D eigenvalue weighted by molar-refractivity contribution is -0.138. The molecule has 1 amide bonds. The Kier molecular flexibility index (Phi) is 7.43. The molecule has 8 heteroatoms. The molecule has 0 aliphatic rings. The third-order valence-electron chi connectivity index (χ3n) is 5.43. The summed E-state index contributed by atoms with van der Waals surface area (Å²) >= 11 is 0. The number of allylic oxidation sites excluding steroid dienone is 1. The molecule has 0 radical (unpaired) electrons. The molecule has 0 atom stereocenters. The molecule has 0 unspecified atom stereocenters. The maximum absolute atomic E-state index is 13.6. The van der Waals surface area contributed by atoms with E-state index in [-0.39, 0.29) is 17.5 Å². The Balaban J connectivity index is 2.35. The Labute approximate surface area is 199 Å². The van der Waals surface area contributed by atoms with Gasteiger partial charge in [0.25, 0.3) is 0 Å². The van der Waals surface area contributed by atoms with E-state index in [2.05, 4.69) is 5.32 Å². The minimum atomic E-state index is -4.69. The molecule has 2 nitrogen and oxygen atoms in total. The van der Waals surface area contributed by atoms with E-state index >= 15 is 0 Å². The average molecular weight is 491 g/mol. The maximum atomic E-state index is 13.6. The van der Waals surface area contributed by atoms with Crippen molar-refractivity contribution in [2.75, 3.05) is 0 Å². The second kappa shape index (κ2) is 9.98. The Bertz CT molecular complexity index is 1150. The maximum Gasteiger partial charge on any atom is 0.416 e. The molecule has 0 bridgehead atoms. The van der Waals surface area contributed by atoms with Crippen molar-refractivity contribution in [3.05, 3.63) is 118 Å². The molecule has 0 aliphatic carbocycles. The van der Waals surface area contributed by atoms with E-state index in [0.717, 1.165) is 24.3 Å². The molecule has 1 N–H and O–H groups in total. The second-order valence-corrected chi connectivity index (χ2v) is 8.44. The van der Waals surface area contributed by atoms with E-state index in [9.17, 15) is 31.1 Å². The molecule has 0 fully saturated rings. The highest BCUT2D eigenvalue weighted by molar-refractivity contribution is 5.89. The lowest BCUT2D eigenvalue weighted by atomic mass is 9.76. The van der Waals surface area contributed by atoms with Gasteiger partial charge in [-0.3, -0.25) is 4.79 Å². The summed E-state index contributed by atoms with van der Waals surface area (Å²) in [6.07, 6.45) is -8.21. The molecule has 0 saturated carbocycles. The summed E-state index contributed by atoms with van der Waals surface area (Å²) in [5.41, 5.74) is -2.44. The minimum absolute atomic E-state index is 0.00556. The SMILES string of the molecule is CC(C)=CC(=O)NC(Cc1ccccc1)(c1cccc(C(F)(F)F)c1)c1cccc(C(F)(F)F)c1. The molecule has 3 aromatic carbocycles. The van der Waals surface area contributed by atoms with E-state index in [1.165, 1.54) is 30.3 Å². The van der Waals surface area contributed by atoms with Crippen LogP contribution >= 0.6 is 0 Å². The molecular formula is C27H23F6NO. The highest BCUT2D eigenvalue weighted by atomic mass is 19.4. The van der Waals surface area contributed by atoms with Gasteiger partial charge in [0.15, 0.2) is 0 Å². The van der Waals surface area contributed by atoms with Crippen molar-refractivity contribution in [3.8, 4) is 0 Å². The van der Waals surface area contributed by atoms with Crippen molar-refractivity contribution in [2.45, 2.75) is 38.2 Å². The van der Waals surface area contributed by atoms with Gasteiger partial charge < -0.3 is 5.32 Å². The van der Waals surface area contributed by atoms with E-state index in [1.807, 2.05) is 0 Å². The van der Waals surface area contributed by atoms with Crippen molar-refractivity contribution in [1.29, 1.82) is 0 Å². The predicted octanol–water partition coefficient (Wildman–Crippen LogP) is 7.29. The summed E-state index contributed by atoms with van der Waals surface area (Å²) in [5, 5.41) is 2.75. The van der Waals surface area contributed by atoms with E-state index in [4.69, 9.17) is 0 Å². The van der Waals surface area contributed by atoms with Crippen molar-refractivity contribution >= 4 is 5.91 Å². The lowest BCUT2D eigenvalue weighted by Crippen LogP contribution is -2.48. The Morgan fingerprint density at radius 2 is 1.17 bits per heavy atom. The van der Waals surface area contributed by atoms with Crippen LogP contribution in [0.1, 0.15) is 41.7 Å². The van der Waals surface area contributed by atoms with Gasteiger partial charge in [-0.15, -0.1) is 0 Å². The molecule has 3 aromatic rings. The van der Waals surface area contributed by atoms with E-state index in [0.29, 0.717) is 11.1 Å². The van der Waals surface area contributed by atoms with Crippen LogP contribution in [0.5, 0.6) is 0 Å². The van der Waals surface area contributed by atoms with Gasteiger partial charge in [-0.05, 0) is 54.8 Å². The molecular weight excluding hydrogens is 468 g/mol. The molecule has 0 spiro atoms. The molecule has 0 heterocycles. The zero-order valence-electron chi connectivity index (χ0n) is 19.0. The Hall–Kier alpha value is -3.55. The summed E-state index contributed by atoms with van der Waals surface area (Å²) in [6.45, 7) is 3.32. The number of alkyl halides is 6. The van der Waals surface area contributed by atoms with Crippen molar-refractivity contribution < 1.29 is 31.1 Å². The number of carbonyl (C=O) groups excluding carboxylic acids is 1. The smallest absolute Gasteiger partial charge is 0.339 e. The largest absolute Gasteiger partial charge is 0.416 e. The number of hydrogen-bond acceptors (Lipinski definition) is 1. The number of amides is 1. The van der Waals surface area contributed by atoms with Crippen LogP contribution in [-0.4, -0.2) is 5.91 Å². The van der Waals surface area contributed by atoms with Crippen LogP contribution in [0.25, 0.3) is 0 Å². The highest BCUT2D eigenvalue weighted by Crippen LogP contribution is 2.39. The number of halogens is 6. The number of benzene rings is 3. The number of rotatable bonds is 6. The normalized spacial score (nSPS) is 12.2. The zero-order valence-corrected chi connectivity index (χ0v) is 19.0.